The number of methoxy groups -OCH3 is 1. The van der Waals surface area contributed by atoms with Crippen molar-refractivity contribution in [2.75, 3.05) is 33.4 Å². The molecule has 0 radical (unpaired) electrons. The summed E-state index contributed by atoms with van der Waals surface area (Å²) >= 11 is 1.38. The molecule has 0 saturated carbocycles. The van der Waals surface area contributed by atoms with E-state index in [1.165, 1.54) is 11.3 Å². The van der Waals surface area contributed by atoms with Gasteiger partial charge in [0, 0.05) is 30.6 Å². The Morgan fingerprint density at radius 3 is 3.29 bits per heavy atom. The Labute approximate surface area is 104 Å². The van der Waals surface area contributed by atoms with Gasteiger partial charge in [0.05, 0.1) is 25.2 Å². The number of carbonyl (C=O) groups excluding carboxylic acids is 1. The van der Waals surface area contributed by atoms with Crippen LogP contribution in [-0.4, -0.2) is 45.4 Å². The standard InChI is InChI=1S/C11H16N2O3S/c1-15-9-4-10(17-7-9)11(14)13-5-8-6-16-3-2-12-8/h4,7-8,12H,2-3,5-6H2,1H3,(H,13,14). The van der Waals surface area contributed by atoms with Gasteiger partial charge in [-0.25, -0.2) is 0 Å². The molecule has 1 aromatic rings. The second kappa shape index (κ2) is 6.00. The van der Waals surface area contributed by atoms with E-state index in [4.69, 9.17) is 9.47 Å². The Bertz CT molecular complexity index is 375. The maximum Gasteiger partial charge on any atom is 0.261 e. The topological polar surface area (TPSA) is 59.6 Å². The fraction of sp³-hybridized carbons (Fsp3) is 0.545. The molecule has 2 heterocycles. The summed E-state index contributed by atoms with van der Waals surface area (Å²) in [6.07, 6.45) is 0. The molecule has 1 aliphatic rings. The number of amides is 1. The smallest absolute Gasteiger partial charge is 0.261 e. The first kappa shape index (κ1) is 12.3. The molecule has 0 bridgehead atoms. The maximum atomic E-state index is 11.8. The van der Waals surface area contributed by atoms with E-state index in [-0.39, 0.29) is 11.9 Å². The molecule has 0 aromatic carbocycles. The molecular formula is C11H16N2O3S. The Morgan fingerprint density at radius 1 is 1.76 bits per heavy atom. The molecule has 5 nitrogen and oxygen atoms in total. The van der Waals surface area contributed by atoms with Crippen LogP contribution in [0.4, 0.5) is 0 Å². The minimum atomic E-state index is -0.0642. The minimum absolute atomic E-state index is 0.0642. The maximum absolute atomic E-state index is 11.8. The number of thiophene rings is 1. The van der Waals surface area contributed by atoms with E-state index in [1.807, 2.05) is 5.38 Å². The second-order valence-corrected chi connectivity index (χ2v) is 4.70. The summed E-state index contributed by atoms with van der Waals surface area (Å²) in [5.41, 5.74) is 0. The third-order valence-electron chi connectivity index (χ3n) is 2.54. The molecule has 1 aromatic heterocycles. The number of morpholine rings is 1. The number of hydrogen-bond acceptors (Lipinski definition) is 5. The fourth-order valence-corrected chi connectivity index (χ4v) is 2.37. The highest BCUT2D eigenvalue weighted by Crippen LogP contribution is 2.20. The summed E-state index contributed by atoms with van der Waals surface area (Å²) in [5.74, 6) is 0.657. The summed E-state index contributed by atoms with van der Waals surface area (Å²) in [7, 11) is 1.59. The monoisotopic (exact) mass is 256 g/mol. The van der Waals surface area contributed by atoms with E-state index < -0.39 is 0 Å². The van der Waals surface area contributed by atoms with Gasteiger partial charge in [-0.15, -0.1) is 11.3 Å². The molecule has 0 aliphatic carbocycles. The number of carbonyl (C=O) groups is 1. The number of hydrogen-bond donors (Lipinski definition) is 2. The summed E-state index contributed by atoms with van der Waals surface area (Å²) in [4.78, 5) is 12.5. The van der Waals surface area contributed by atoms with Crippen LogP contribution in [0.15, 0.2) is 11.4 Å². The van der Waals surface area contributed by atoms with Crippen molar-refractivity contribution in [1.82, 2.24) is 10.6 Å². The lowest BCUT2D eigenvalue weighted by Gasteiger charge is -2.23. The Kier molecular flexibility index (Phi) is 4.36. The first-order chi connectivity index (χ1) is 8.29. The average Bonchev–Trinajstić information content (AvgIpc) is 2.86. The van der Waals surface area contributed by atoms with Crippen LogP contribution in [0.5, 0.6) is 5.75 Å². The van der Waals surface area contributed by atoms with E-state index in [2.05, 4.69) is 10.6 Å². The van der Waals surface area contributed by atoms with E-state index in [0.717, 1.165) is 18.9 Å². The zero-order valence-corrected chi connectivity index (χ0v) is 10.5. The van der Waals surface area contributed by atoms with Crippen molar-refractivity contribution in [2.45, 2.75) is 6.04 Å². The molecule has 1 amide bonds. The van der Waals surface area contributed by atoms with Crippen molar-refractivity contribution in [3.63, 3.8) is 0 Å². The highest BCUT2D eigenvalue weighted by Gasteiger charge is 2.15. The van der Waals surface area contributed by atoms with E-state index in [9.17, 15) is 4.79 Å². The highest BCUT2D eigenvalue weighted by molar-refractivity contribution is 7.12. The van der Waals surface area contributed by atoms with Gasteiger partial charge in [-0.1, -0.05) is 0 Å². The van der Waals surface area contributed by atoms with Crippen LogP contribution in [0.25, 0.3) is 0 Å². The molecule has 6 heteroatoms. The Balaban J connectivity index is 1.80. The lowest BCUT2D eigenvalue weighted by Crippen LogP contribution is -2.48. The van der Waals surface area contributed by atoms with Crippen LogP contribution in [-0.2, 0) is 4.74 Å². The van der Waals surface area contributed by atoms with E-state index in [0.29, 0.717) is 18.0 Å². The predicted octanol–water partition coefficient (Wildman–Crippen LogP) is 0.475. The largest absolute Gasteiger partial charge is 0.496 e. The molecule has 2 rings (SSSR count). The molecule has 94 valence electrons. The van der Waals surface area contributed by atoms with Gasteiger partial charge in [0.2, 0.25) is 0 Å². The lowest BCUT2D eigenvalue weighted by molar-refractivity contribution is 0.0735. The average molecular weight is 256 g/mol. The van der Waals surface area contributed by atoms with Gasteiger partial charge >= 0.3 is 0 Å². The van der Waals surface area contributed by atoms with Gasteiger partial charge in [-0.3, -0.25) is 4.79 Å². The van der Waals surface area contributed by atoms with Crippen LogP contribution < -0.4 is 15.4 Å². The van der Waals surface area contributed by atoms with Crippen molar-refractivity contribution in [1.29, 1.82) is 0 Å². The molecule has 17 heavy (non-hydrogen) atoms. The fourth-order valence-electron chi connectivity index (χ4n) is 1.60. The van der Waals surface area contributed by atoms with Gasteiger partial charge in [-0.2, -0.15) is 0 Å². The van der Waals surface area contributed by atoms with Crippen LogP contribution >= 0.6 is 11.3 Å². The quantitative estimate of drug-likeness (QED) is 0.822. The molecule has 1 saturated heterocycles. The summed E-state index contributed by atoms with van der Waals surface area (Å²) in [5, 5.41) is 7.98. The van der Waals surface area contributed by atoms with E-state index >= 15 is 0 Å². The summed E-state index contributed by atoms with van der Waals surface area (Å²) in [6, 6.07) is 1.94. The van der Waals surface area contributed by atoms with Crippen LogP contribution in [0.1, 0.15) is 9.67 Å². The van der Waals surface area contributed by atoms with Gasteiger partial charge in [-0.05, 0) is 0 Å². The Hall–Kier alpha value is -1.11. The van der Waals surface area contributed by atoms with Gasteiger partial charge in [0.15, 0.2) is 0 Å². The third kappa shape index (κ3) is 3.42. The van der Waals surface area contributed by atoms with E-state index in [1.54, 1.807) is 13.2 Å². The molecule has 0 spiro atoms. The highest BCUT2D eigenvalue weighted by atomic mass is 32.1. The summed E-state index contributed by atoms with van der Waals surface area (Å²) in [6.45, 7) is 2.81. The zero-order chi connectivity index (χ0) is 12.1. The molecule has 1 fully saturated rings. The molecule has 1 unspecified atom stereocenters. The molecule has 2 N–H and O–H groups in total. The molecular weight excluding hydrogens is 240 g/mol. The third-order valence-corrected chi connectivity index (χ3v) is 3.45. The van der Waals surface area contributed by atoms with Crippen molar-refractivity contribution in [2.24, 2.45) is 0 Å². The van der Waals surface area contributed by atoms with Crippen molar-refractivity contribution in [3.05, 3.63) is 16.3 Å². The lowest BCUT2D eigenvalue weighted by atomic mass is 10.2. The van der Waals surface area contributed by atoms with Gasteiger partial charge in [0.1, 0.15) is 5.75 Å². The van der Waals surface area contributed by atoms with Crippen molar-refractivity contribution >= 4 is 17.2 Å². The SMILES string of the molecule is COc1csc(C(=O)NCC2COCCN2)c1. The van der Waals surface area contributed by atoms with Gasteiger partial charge in [0.25, 0.3) is 5.91 Å². The minimum Gasteiger partial charge on any atom is -0.496 e. The molecule has 1 aliphatic heterocycles. The number of ether oxygens (including phenoxy) is 2. The molecule has 1 atom stereocenters. The Morgan fingerprint density at radius 2 is 2.65 bits per heavy atom. The summed E-state index contributed by atoms with van der Waals surface area (Å²) < 4.78 is 10.3. The van der Waals surface area contributed by atoms with Gasteiger partial charge < -0.3 is 20.1 Å². The van der Waals surface area contributed by atoms with Crippen molar-refractivity contribution < 1.29 is 14.3 Å². The van der Waals surface area contributed by atoms with Crippen LogP contribution in [0.3, 0.4) is 0 Å². The number of rotatable bonds is 4. The van der Waals surface area contributed by atoms with Crippen molar-refractivity contribution in [3.8, 4) is 5.75 Å². The predicted molar refractivity (Wildman–Crippen MR) is 65.8 cm³/mol. The zero-order valence-electron chi connectivity index (χ0n) is 9.69. The van der Waals surface area contributed by atoms with Crippen LogP contribution in [0.2, 0.25) is 0 Å². The number of nitrogens with one attached hydrogen (secondary N) is 2. The first-order valence-corrected chi connectivity index (χ1v) is 6.39. The van der Waals surface area contributed by atoms with Crippen LogP contribution in [0, 0.1) is 0 Å². The normalized spacial score (nSPS) is 19.9. The second-order valence-electron chi connectivity index (χ2n) is 3.79. The first-order valence-electron chi connectivity index (χ1n) is 5.51.